The molecule has 130 heavy (non-hydrogen) atoms. The molecule has 3 aromatic carbocycles. The minimum Gasteiger partial charge on any atom is -0.508 e. The standard InChI is InChI=1S/C86H135N19O24S/c1-46(2)39-61(101-83(125)70(91)47(3)4)79(121)96-56(17-9-13-34-87)74(116)94-58(19-11-15-36-89)76(118)99-62(40-50-21-27-53(107)28-22-50)73(115)92-45-67(110)93-63(41-51-23-29-54(108)30-24-51)80(122)100-64(43-68(111)112)81(123)97-57(18-10-14-35-88)75(117)95-59(20-12-16-37-90)77(119)105-72(49(7)106)85(127)102-65(44-69(113)114)82(124)98-60(33-38-130-8)78(120)104-71(48(5)6)84(126)103-66(86(128)129)42-52-25-31-55(109)32-26-52/h21-32,46-49,56-66,70-72,106-109H,9-20,33-45,87-91H2,1-8H3,(H,92,115)(H,93,110)(H,94,116)(H,95,117)(H,96,121)(H,97,123)(H,98,124)(H,99,118)(H,100,122)(H,101,125)(H,102,127)(H,103,126)(H,104,120)(H,105,119)(H,111,112)(H,113,114)(H,128,129)/t49-,56+,57+,58+,59+,60+,61+,62+,63+,64+,65+,66+,70+,71+,72+/m1/s1. The molecule has 0 saturated heterocycles. The predicted octanol–water partition coefficient (Wildman–Crippen LogP) is -3.38. The molecule has 724 valence electrons. The van der Waals surface area contributed by atoms with Crippen LogP contribution in [0, 0.1) is 17.8 Å². The lowest BCUT2D eigenvalue weighted by Crippen LogP contribution is -2.62. The quantitative estimate of drug-likeness (QED) is 0.0245. The number of carboxylic acid groups (broad SMARTS) is 3. The summed E-state index contributed by atoms with van der Waals surface area (Å²) in [5.41, 5.74) is 30.5. The maximum Gasteiger partial charge on any atom is 0.326 e. The molecule has 0 aliphatic carbocycles. The number of aliphatic hydroxyl groups is 1. The van der Waals surface area contributed by atoms with Gasteiger partial charge in [-0.2, -0.15) is 11.8 Å². The van der Waals surface area contributed by atoms with Crippen molar-refractivity contribution in [1.29, 1.82) is 0 Å². The average Bonchev–Trinajstić information content (AvgIpc) is 0.856. The van der Waals surface area contributed by atoms with E-state index in [1.807, 2.05) is 13.8 Å². The summed E-state index contributed by atoms with van der Waals surface area (Å²) in [6, 6.07) is -5.71. The van der Waals surface area contributed by atoms with Crippen molar-refractivity contribution in [3.05, 3.63) is 89.5 Å². The van der Waals surface area contributed by atoms with Gasteiger partial charge in [0, 0.05) is 19.3 Å². The molecule has 0 unspecified atom stereocenters. The van der Waals surface area contributed by atoms with Gasteiger partial charge in [0.15, 0.2) is 0 Å². The number of phenols is 3. The van der Waals surface area contributed by atoms with Gasteiger partial charge in [0.25, 0.3) is 0 Å². The summed E-state index contributed by atoms with van der Waals surface area (Å²) < 4.78 is 0. The summed E-state index contributed by atoms with van der Waals surface area (Å²) in [4.78, 5) is 237. The number of aromatic hydroxyl groups is 3. The number of thioether (sulfide) groups is 1. The van der Waals surface area contributed by atoms with Gasteiger partial charge in [-0.25, -0.2) is 4.79 Å². The van der Waals surface area contributed by atoms with Crippen molar-refractivity contribution in [2.45, 2.75) is 261 Å². The van der Waals surface area contributed by atoms with Crippen LogP contribution < -0.4 is 103 Å². The Balaban J connectivity index is 1.97. The van der Waals surface area contributed by atoms with E-state index in [1.165, 1.54) is 84.6 Å². The fourth-order valence-corrected chi connectivity index (χ4v) is 13.7. The molecule has 43 nitrogen and oxygen atoms in total. The van der Waals surface area contributed by atoms with Crippen LogP contribution >= 0.6 is 11.8 Å². The zero-order chi connectivity index (χ0) is 97.4. The molecule has 15 atom stereocenters. The van der Waals surface area contributed by atoms with Crippen LogP contribution in [0.2, 0.25) is 0 Å². The highest BCUT2D eigenvalue weighted by Gasteiger charge is 2.40. The van der Waals surface area contributed by atoms with Crippen molar-refractivity contribution < 1.29 is 117 Å². The highest BCUT2D eigenvalue weighted by atomic mass is 32.2. The van der Waals surface area contributed by atoms with Crippen LogP contribution in [0.4, 0.5) is 0 Å². The van der Waals surface area contributed by atoms with Gasteiger partial charge in [-0.05, 0) is 206 Å². The Hall–Kier alpha value is -11.8. The molecule has 0 spiro atoms. The van der Waals surface area contributed by atoms with E-state index in [0.717, 1.165) is 6.92 Å². The monoisotopic (exact) mass is 1850 g/mol. The van der Waals surface area contributed by atoms with Crippen molar-refractivity contribution in [1.82, 2.24) is 74.4 Å². The van der Waals surface area contributed by atoms with Gasteiger partial charge in [-0.15, -0.1) is 0 Å². The molecule has 0 radical (unpaired) electrons. The third kappa shape index (κ3) is 42.2. The largest absolute Gasteiger partial charge is 0.508 e. The topological polar surface area (TPSA) is 730 Å². The van der Waals surface area contributed by atoms with E-state index in [4.69, 9.17) is 28.7 Å². The van der Waals surface area contributed by atoms with E-state index in [2.05, 4.69) is 74.4 Å². The van der Waals surface area contributed by atoms with E-state index in [0.29, 0.717) is 30.4 Å². The molecule has 3 aromatic rings. The lowest BCUT2D eigenvalue weighted by molar-refractivity contribution is -0.142. The first-order chi connectivity index (χ1) is 61.4. The van der Waals surface area contributed by atoms with Gasteiger partial charge in [-0.3, -0.25) is 76.7 Å². The van der Waals surface area contributed by atoms with Gasteiger partial charge in [-0.1, -0.05) is 77.9 Å². The van der Waals surface area contributed by atoms with Crippen molar-refractivity contribution in [3.63, 3.8) is 0 Å². The molecule has 0 bridgehead atoms. The number of carboxylic acids is 3. The molecular formula is C86H135N19O24S. The lowest BCUT2D eigenvalue weighted by Gasteiger charge is -2.29. The van der Waals surface area contributed by atoms with Crippen LogP contribution in [0.3, 0.4) is 0 Å². The minimum atomic E-state index is -2.07. The van der Waals surface area contributed by atoms with Crippen LogP contribution in [-0.2, 0) is 101 Å². The summed E-state index contributed by atoms with van der Waals surface area (Å²) in [6.07, 6.45) is -1.84. The number of aliphatic hydroxyl groups excluding tert-OH is 1. The molecule has 0 heterocycles. The second-order valence-electron chi connectivity index (χ2n) is 32.9. The number of benzene rings is 3. The van der Waals surface area contributed by atoms with E-state index >= 15 is 0 Å². The molecule has 14 amide bonds. The number of hydrogen-bond donors (Lipinski definition) is 26. The molecule has 0 saturated carbocycles. The van der Waals surface area contributed by atoms with Crippen molar-refractivity contribution in [2.75, 3.05) is 44.7 Å². The van der Waals surface area contributed by atoms with Crippen LogP contribution in [0.15, 0.2) is 72.8 Å². The van der Waals surface area contributed by atoms with Gasteiger partial charge in [0.05, 0.1) is 31.5 Å². The summed E-state index contributed by atoms with van der Waals surface area (Å²) in [6.45, 7) is 10.9. The maximum absolute atomic E-state index is 14.7. The molecule has 0 fully saturated rings. The Morgan fingerprint density at radius 1 is 0.331 bits per heavy atom. The summed E-state index contributed by atoms with van der Waals surface area (Å²) in [5.74, 6) is -20.5. The molecule has 3 rings (SSSR count). The first kappa shape index (κ1) is 112. The van der Waals surface area contributed by atoms with E-state index in [9.17, 15) is 117 Å². The van der Waals surface area contributed by atoms with Gasteiger partial charge in [0.1, 0.15) is 95.8 Å². The Morgan fingerprint density at radius 3 is 0.962 bits per heavy atom. The summed E-state index contributed by atoms with van der Waals surface area (Å²) in [7, 11) is 0. The van der Waals surface area contributed by atoms with Crippen molar-refractivity contribution >= 4 is 112 Å². The maximum atomic E-state index is 14.7. The fourth-order valence-electron chi connectivity index (χ4n) is 13.2. The second kappa shape index (κ2) is 59.4. The van der Waals surface area contributed by atoms with Crippen LogP contribution in [-0.4, -0.2) is 272 Å². The van der Waals surface area contributed by atoms with Gasteiger partial charge < -0.3 is 139 Å². The highest BCUT2D eigenvalue weighted by Crippen LogP contribution is 2.19. The third-order valence-electron chi connectivity index (χ3n) is 20.7. The first-order valence-corrected chi connectivity index (χ1v) is 44.8. The van der Waals surface area contributed by atoms with Crippen molar-refractivity contribution in [3.8, 4) is 17.2 Å². The number of aliphatic carboxylic acids is 3. The predicted molar refractivity (Wildman–Crippen MR) is 479 cm³/mol. The number of rotatable bonds is 63. The number of phenolic OH excluding ortho intramolecular Hbond substituents is 3. The number of carbonyl (C=O) groups excluding carboxylic acids is 14. The number of amides is 14. The van der Waals surface area contributed by atoms with E-state index in [1.54, 1.807) is 34.0 Å². The van der Waals surface area contributed by atoms with E-state index in [-0.39, 0.29) is 150 Å². The first-order valence-electron chi connectivity index (χ1n) is 43.4. The smallest absolute Gasteiger partial charge is 0.326 e. The normalized spacial score (nSPS) is 14.7. The Morgan fingerprint density at radius 2 is 0.623 bits per heavy atom. The number of unbranched alkanes of at least 4 members (excludes halogenated alkanes) is 4. The average molecular weight is 1850 g/mol. The molecule has 0 aliphatic heterocycles. The number of nitrogens with two attached hydrogens (primary N) is 5. The molecule has 31 N–H and O–H groups in total. The molecule has 0 aliphatic rings. The van der Waals surface area contributed by atoms with Gasteiger partial charge in [0.2, 0.25) is 82.7 Å². The SMILES string of the molecule is CSCC[C@H](NC(=O)[C@H](CC(=O)O)NC(=O)[C@@H](NC(=O)[C@H](CCCCN)NC(=O)[C@H](CCCCN)NC(=O)[C@H](CC(=O)O)NC(=O)[C@H](Cc1ccc(O)cc1)NC(=O)CNC(=O)[C@H](Cc1ccc(O)cc1)NC(=O)[C@H](CCCCN)NC(=O)[C@H](CCCCN)NC(=O)[C@H](CC(C)C)NC(=O)[C@@H](N)C(C)C)[C@@H](C)O)C(=O)N[C@H](C(=O)N[C@@H](Cc1ccc(O)cc1)C(=O)O)C(C)C. The van der Waals surface area contributed by atoms with E-state index < -0.39 is 223 Å². The second-order valence-corrected chi connectivity index (χ2v) is 33.9. The van der Waals surface area contributed by atoms with Crippen molar-refractivity contribution in [2.24, 2.45) is 46.4 Å². The zero-order valence-electron chi connectivity index (χ0n) is 74.9. The van der Waals surface area contributed by atoms with Crippen LogP contribution in [0.1, 0.15) is 168 Å². The fraction of sp³-hybridized carbons (Fsp3) is 0.593. The Kier molecular flexibility index (Phi) is 51.3. The number of carbonyl (C=O) groups is 17. The number of nitrogens with one attached hydrogen (secondary N) is 14. The zero-order valence-corrected chi connectivity index (χ0v) is 75.7. The van der Waals surface area contributed by atoms with Gasteiger partial charge >= 0.3 is 17.9 Å². The lowest BCUT2D eigenvalue weighted by atomic mass is 9.99. The molecule has 44 heteroatoms. The third-order valence-corrected chi connectivity index (χ3v) is 21.4. The Labute approximate surface area is 759 Å². The summed E-state index contributed by atoms with van der Waals surface area (Å²) >= 11 is 1.23. The van der Waals surface area contributed by atoms with Crippen LogP contribution in [0.5, 0.6) is 17.2 Å². The number of hydrogen-bond acceptors (Lipinski definition) is 27. The Bertz CT molecular complexity index is 4190. The van der Waals surface area contributed by atoms with Crippen LogP contribution in [0.25, 0.3) is 0 Å². The molecule has 0 aromatic heterocycles. The minimum absolute atomic E-state index is 0.0421. The molecular weight excluding hydrogens is 1720 g/mol. The summed E-state index contributed by atoms with van der Waals surface area (Å²) in [5, 5.41) is 106. The highest BCUT2D eigenvalue weighted by molar-refractivity contribution is 7.98.